The third-order valence-electron chi connectivity index (χ3n) is 4.18. The minimum atomic E-state index is -0.867. The molecule has 5 nitrogen and oxygen atoms in total. The van der Waals surface area contributed by atoms with Crippen molar-refractivity contribution in [2.75, 3.05) is 43.5 Å². The zero-order valence-electron chi connectivity index (χ0n) is 13.8. The van der Waals surface area contributed by atoms with Gasteiger partial charge in [-0.2, -0.15) is 0 Å². The number of amides is 2. The van der Waals surface area contributed by atoms with Crippen LogP contribution in [0.25, 0.3) is 0 Å². The Bertz CT molecular complexity index is 762. The van der Waals surface area contributed by atoms with E-state index in [1.54, 1.807) is 30.2 Å². The molecule has 132 valence electrons. The van der Waals surface area contributed by atoms with Crippen molar-refractivity contribution in [1.29, 1.82) is 0 Å². The van der Waals surface area contributed by atoms with Gasteiger partial charge in [-0.15, -0.1) is 0 Å². The number of anilines is 2. The number of ether oxygens (including phenoxy) is 1. The summed E-state index contributed by atoms with van der Waals surface area (Å²) in [6.07, 6.45) is 0. The van der Waals surface area contributed by atoms with Crippen molar-refractivity contribution < 1.29 is 18.3 Å². The number of hydrogen-bond donors (Lipinski definition) is 1. The molecule has 0 spiro atoms. The number of carbonyl (C=O) groups is 1. The fraction of sp³-hybridized carbons (Fsp3) is 0.278. The van der Waals surface area contributed by atoms with Crippen LogP contribution in [-0.2, 0) is 0 Å². The maximum atomic E-state index is 13.4. The van der Waals surface area contributed by atoms with Crippen molar-refractivity contribution in [1.82, 2.24) is 4.90 Å². The highest BCUT2D eigenvalue weighted by Gasteiger charge is 2.22. The normalized spacial score (nSPS) is 14.4. The molecule has 0 unspecified atom stereocenters. The van der Waals surface area contributed by atoms with Gasteiger partial charge in [0.2, 0.25) is 0 Å². The number of urea groups is 1. The van der Waals surface area contributed by atoms with Crippen LogP contribution in [0.2, 0.25) is 0 Å². The summed E-state index contributed by atoms with van der Waals surface area (Å²) in [6, 6.07) is 10.8. The molecule has 0 aromatic heterocycles. The number of nitrogens with one attached hydrogen (secondary N) is 1. The van der Waals surface area contributed by atoms with Gasteiger partial charge in [0.05, 0.1) is 12.8 Å². The number of carbonyl (C=O) groups excluding carboxylic acids is 1. The molecule has 0 atom stereocenters. The van der Waals surface area contributed by atoms with Gasteiger partial charge in [-0.3, -0.25) is 0 Å². The zero-order chi connectivity index (χ0) is 17.8. The molecule has 1 aliphatic heterocycles. The van der Waals surface area contributed by atoms with Gasteiger partial charge in [0.15, 0.2) is 11.6 Å². The van der Waals surface area contributed by atoms with E-state index >= 15 is 0 Å². The average molecular weight is 347 g/mol. The highest BCUT2D eigenvalue weighted by atomic mass is 19.2. The van der Waals surface area contributed by atoms with Crippen LogP contribution in [0.5, 0.6) is 5.75 Å². The number of rotatable bonds is 3. The summed E-state index contributed by atoms with van der Waals surface area (Å²) in [6.45, 7) is 2.06. The zero-order valence-corrected chi connectivity index (χ0v) is 13.8. The summed E-state index contributed by atoms with van der Waals surface area (Å²) in [5, 5.41) is 2.84. The molecule has 25 heavy (non-hydrogen) atoms. The number of piperazine rings is 1. The Hall–Kier alpha value is -2.83. The van der Waals surface area contributed by atoms with Gasteiger partial charge < -0.3 is 19.9 Å². The molecule has 0 radical (unpaired) electrons. The Morgan fingerprint density at radius 1 is 1.04 bits per heavy atom. The smallest absolute Gasteiger partial charge is 0.322 e. The fourth-order valence-corrected chi connectivity index (χ4v) is 2.79. The summed E-state index contributed by atoms with van der Waals surface area (Å²) in [5.74, 6) is -1.14. The molecule has 0 aliphatic carbocycles. The van der Waals surface area contributed by atoms with Crippen molar-refractivity contribution in [3.8, 4) is 5.75 Å². The van der Waals surface area contributed by atoms with E-state index in [1.165, 1.54) is 6.07 Å². The van der Waals surface area contributed by atoms with Crippen LogP contribution in [0, 0.1) is 11.6 Å². The second-order valence-electron chi connectivity index (χ2n) is 5.70. The Balaban J connectivity index is 1.60. The van der Waals surface area contributed by atoms with Gasteiger partial charge in [0.25, 0.3) is 0 Å². The summed E-state index contributed by atoms with van der Waals surface area (Å²) in [5.41, 5.74) is 1.22. The van der Waals surface area contributed by atoms with Crippen molar-refractivity contribution in [3.63, 3.8) is 0 Å². The van der Waals surface area contributed by atoms with Crippen molar-refractivity contribution >= 4 is 17.4 Å². The lowest BCUT2D eigenvalue weighted by atomic mass is 10.2. The molecule has 3 rings (SSSR count). The molecule has 2 amide bonds. The van der Waals surface area contributed by atoms with E-state index < -0.39 is 11.6 Å². The van der Waals surface area contributed by atoms with Crippen molar-refractivity contribution in [2.45, 2.75) is 0 Å². The molecule has 0 saturated carbocycles. The first-order valence-electron chi connectivity index (χ1n) is 7.97. The van der Waals surface area contributed by atoms with E-state index in [-0.39, 0.29) is 6.03 Å². The summed E-state index contributed by atoms with van der Waals surface area (Å²) in [7, 11) is 1.55. The predicted octanol–water partition coefficient (Wildman–Crippen LogP) is 3.33. The highest BCUT2D eigenvalue weighted by Crippen LogP contribution is 2.24. The van der Waals surface area contributed by atoms with Gasteiger partial charge in [-0.05, 0) is 24.3 Å². The first-order chi connectivity index (χ1) is 12.1. The molecule has 1 heterocycles. The highest BCUT2D eigenvalue weighted by molar-refractivity contribution is 5.91. The summed E-state index contributed by atoms with van der Waals surface area (Å²) < 4.78 is 31.6. The van der Waals surface area contributed by atoms with Gasteiger partial charge in [0, 0.05) is 37.9 Å². The number of methoxy groups -OCH3 is 1. The van der Waals surface area contributed by atoms with Crippen LogP contribution in [0.3, 0.4) is 0 Å². The van der Waals surface area contributed by atoms with Crippen LogP contribution in [0.15, 0.2) is 42.5 Å². The van der Waals surface area contributed by atoms with Crippen LogP contribution in [0.1, 0.15) is 0 Å². The molecule has 2 aromatic rings. The lowest BCUT2D eigenvalue weighted by Crippen LogP contribution is -2.50. The van der Waals surface area contributed by atoms with Gasteiger partial charge in [-0.25, -0.2) is 13.6 Å². The maximum Gasteiger partial charge on any atom is 0.322 e. The predicted molar refractivity (Wildman–Crippen MR) is 92.2 cm³/mol. The first-order valence-corrected chi connectivity index (χ1v) is 7.97. The molecular formula is C18H19F2N3O2. The summed E-state index contributed by atoms with van der Waals surface area (Å²) >= 11 is 0. The number of benzene rings is 2. The van der Waals surface area contributed by atoms with E-state index in [0.29, 0.717) is 43.3 Å². The largest absolute Gasteiger partial charge is 0.495 e. The van der Waals surface area contributed by atoms with Gasteiger partial charge in [0.1, 0.15) is 5.75 Å². The third-order valence-corrected chi connectivity index (χ3v) is 4.18. The molecule has 1 N–H and O–H groups in total. The first kappa shape index (κ1) is 17.0. The molecule has 0 bridgehead atoms. The Labute approximate surface area is 144 Å². The van der Waals surface area contributed by atoms with E-state index in [4.69, 9.17) is 4.74 Å². The lowest BCUT2D eigenvalue weighted by Gasteiger charge is -2.36. The molecule has 1 saturated heterocycles. The maximum absolute atomic E-state index is 13.4. The van der Waals surface area contributed by atoms with E-state index in [9.17, 15) is 13.6 Å². The molecular weight excluding hydrogens is 328 g/mol. The van der Waals surface area contributed by atoms with E-state index in [1.807, 2.05) is 17.0 Å². The monoisotopic (exact) mass is 347 g/mol. The lowest BCUT2D eigenvalue weighted by molar-refractivity contribution is 0.208. The fourth-order valence-electron chi connectivity index (χ4n) is 2.79. The molecule has 2 aromatic carbocycles. The van der Waals surface area contributed by atoms with Crippen molar-refractivity contribution in [3.05, 3.63) is 54.1 Å². The number of para-hydroxylation sites is 2. The molecule has 1 fully saturated rings. The third kappa shape index (κ3) is 3.81. The topological polar surface area (TPSA) is 44.8 Å². The van der Waals surface area contributed by atoms with E-state index in [0.717, 1.165) is 6.07 Å². The average Bonchev–Trinajstić information content (AvgIpc) is 2.64. The SMILES string of the molecule is COc1ccccc1NC(=O)N1CCN(c2ccc(F)c(F)c2)CC1. The minimum Gasteiger partial charge on any atom is -0.495 e. The second-order valence-corrected chi connectivity index (χ2v) is 5.70. The van der Waals surface area contributed by atoms with Gasteiger partial charge >= 0.3 is 6.03 Å². The quantitative estimate of drug-likeness (QED) is 0.926. The number of halogens is 2. The Morgan fingerprint density at radius 3 is 2.44 bits per heavy atom. The Morgan fingerprint density at radius 2 is 1.76 bits per heavy atom. The van der Waals surface area contributed by atoms with Crippen LogP contribution in [0.4, 0.5) is 25.0 Å². The van der Waals surface area contributed by atoms with Crippen molar-refractivity contribution in [2.24, 2.45) is 0 Å². The summed E-state index contributed by atoms with van der Waals surface area (Å²) in [4.78, 5) is 16.0. The van der Waals surface area contributed by atoms with Crippen LogP contribution >= 0.6 is 0 Å². The molecule has 1 aliphatic rings. The number of hydrogen-bond acceptors (Lipinski definition) is 3. The standard InChI is InChI=1S/C18H19F2N3O2/c1-25-17-5-3-2-4-16(17)21-18(24)23-10-8-22(9-11-23)13-6-7-14(19)15(20)12-13/h2-7,12H,8-11H2,1H3,(H,21,24). The van der Waals surface area contributed by atoms with Crippen LogP contribution in [-0.4, -0.2) is 44.2 Å². The minimum absolute atomic E-state index is 0.213. The molecule has 7 heteroatoms. The van der Waals surface area contributed by atoms with E-state index in [2.05, 4.69) is 5.32 Å². The Kier molecular flexibility index (Phi) is 5.02. The number of nitrogens with zero attached hydrogens (tertiary/aromatic N) is 2. The van der Waals surface area contributed by atoms with Crippen LogP contribution < -0.4 is 15.0 Å². The van der Waals surface area contributed by atoms with Gasteiger partial charge in [-0.1, -0.05) is 12.1 Å². The second kappa shape index (κ2) is 7.38.